The molecule has 0 aromatic carbocycles. The summed E-state index contributed by atoms with van der Waals surface area (Å²) in [5.41, 5.74) is 0.00312. The minimum atomic E-state index is -1.06. The molecule has 0 aromatic rings. The minimum Gasteiger partial charge on any atom is -0.512 e. The molecule has 0 spiro atoms. The molecule has 0 amide bonds. The van der Waals surface area contributed by atoms with E-state index in [4.69, 9.17) is 0 Å². The van der Waals surface area contributed by atoms with Gasteiger partial charge in [0.1, 0.15) is 11.6 Å². The zero-order chi connectivity index (χ0) is 18.7. The van der Waals surface area contributed by atoms with Gasteiger partial charge in [0.05, 0.1) is 37.7 Å². The summed E-state index contributed by atoms with van der Waals surface area (Å²) in [4.78, 5) is 59.7. The number of allylic oxidation sites excluding steroid dienone is 2. The number of carbonyl (C=O) groups excluding carboxylic acids is 5. The monoisotopic (exact) mass is 352 g/mol. The second-order valence-corrected chi connectivity index (χ2v) is 6.29. The van der Waals surface area contributed by atoms with E-state index in [0.717, 1.165) is 0 Å². The fourth-order valence-electron chi connectivity index (χ4n) is 3.29. The molecule has 1 atom stereocenters. The first-order valence-electron chi connectivity index (χ1n) is 7.93. The Balaban J connectivity index is 2.12. The fraction of sp³-hybridized carbons (Fsp3) is 0.588. The van der Waals surface area contributed by atoms with Gasteiger partial charge in [-0.1, -0.05) is 0 Å². The number of hydrogen-bond donors (Lipinski definition) is 1. The summed E-state index contributed by atoms with van der Waals surface area (Å²) in [6.07, 6.45) is -0.657. The lowest BCUT2D eigenvalue weighted by Gasteiger charge is -2.27. The van der Waals surface area contributed by atoms with Crippen molar-refractivity contribution < 1.29 is 38.6 Å². The molecule has 8 heteroatoms. The van der Waals surface area contributed by atoms with Crippen molar-refractivity contribution in [2.75, 3.05) is 14.2 Å². The molecule has 2 aliphatic rings. The van der Waals surface area contributed by atoms with Gasteiger partial charge in [-0.25, -0.2) is 0 Å². The number of Topliss-reactive ketones (excluding diaryl/α,β-unsaturated/α-hetero) is 3. The van der Waals surface area contributed by atoms with Crippen LogP contribution in [0.15, 0.2) is 11.3 Å². The van der Waals surface area contributed by atoms with Crippen LogP contribution in [0.2, 0.25) is 0 Å². The van der Waals surface area contributed by atoms with Gasteiger partial charge >= 0.3 is 11.9 Å². The molecule has 136 valence electrons. The van der Waals surface area contributed by atoms with Crippen molar-refractivity contribution in [3.63, 3.8) is 0 Å². The molecule has 2 rings (SSSR count). The van der Waals surface area contributed by atoms with Crippen LogP contribution in [0.3, 0.4) is 0 Å². The molecule has 1 N–H and O–H groups in total. The Labute approximate surface area is 144 Å². The summed E-state index contributed by atoms with van der Waals surface area (Å²) in [5.74, 6) is -5.49. The van der Waals surface area contributed by atoms with Crippen molar-refractivity contribution in [3.05, 3.63) is 11.3 Å². The molecule has 0 bridgehead atoms. The summed E-state index contributed by atoms with van der Waals surface area (Å²) in [6, 6.07) is 0. The van der Waals surface area contributed by atoms with E-state index in [1.165, 1.54) is 14.2 Å². The van der Waals surface area contributed by atoms with E-state index in [1.54, 1.807) is 0 Å². The van der Waals surface area contributed by atoms with Crippen LogP contribution in [-0.2, 0) is 33.4 Å². The summed E-state index contributed by atoms with van der Waals surface area (Å²) < 4.78 is 9.13. The number of carbonyl (C=O) groups is 5. The van der Waals surface area contributed by atoms with E-state index in [2.05, 4.69) is 9.47 Å². The molecule has 0 heterocycles. The third-order valence-electron chi connectivity index (χ3n) is 4.71. The average Bonchev–Trinajstić information content (AvgIpc) is 2.57. The van der Waals surface area contributed by atoms with Gasteiger partial charge in [0.2, 0.25) is 0 Å². The Morgan fingerprint density at radius 3 is 1.84 bits per heavy atom. The molecule has 1 saturated carbocycles. The number of aliphatic hydroxyl groups excluding tert-OH is 1. The highest BCUT2D eigenvalue weighted by molar-refractivity contribution is 6.09. The van der Waals surface area contributed by atoms with Gasteiger partial charge in [0.15, 0.2) is 5.78 Å². The van der Waals surface area contributed by atoms with E-state index < -0.39 is 47.0 Å². The topological polar surface area (TPSA) is 124 Å². The predicted molar refractivity (Wildman–Crippen MR) is 82.3 cm³/mol. The van der Waals surface area contributed by atoms with Crippen molar-refractivity contribution in [1.29, 1.82) is 0 Å². The summed E-state index contributed by atoms with van der Waals surface area (Å²) in [5, 5.41) is 10.1. The number of aliphatic hydroxyl groups is 1. The summed E-state index contributed by atoms with van der Waals surface area (Å²) >= 11 is 0. The first kappa shape index (κ1) is 18.8. The largest absolute Gasteiger partial charge is 0.512 e. The number of esters is 2. The van der Waals surface area contributed by atoms with E-state index in [-0.39, 0.29) is 43.4 Å². The Kier molecular flexibility index (Phi) is 5.71. The van der Waals surface area contributed by atoms with Gasteiger partial charge in [0.25, 0.3) is 0 Å². The van der Waals surface area contributed by atoms with Crippen LogP contribution in [0.25, 0.3) is 0 Å². The third kappa shape index (κ3) is 3.94. The predicted octanol–water partition coefficient (Wildman–Crippen LogP) is 0.678. The van der Waals surface area contributed by atoms with Crippen LogP contribution in [0, 0.1) is 17.8 Å². The Morgan fingerprint density at radius 1 is 0.920 bits per heavy atom. The van der Waals surface area contributed by atoms with Crippen LogP contribution in [0.1, 0.15) is 32.1 Å². The Morgan fingerprint density at radius 2 is 1.40 bits per heavy atom. The molecule has 0 radical (unpaired) electrons. The first-order valence-corrected chi connectivity index (χ1v) is 7.93. The molecule has 1 fully saturated rings. The van der Waals surface area contributed by atoms with E-state index in [9.17, 15) is 29.1 Å². The van der Waals surface area contributed by atoms with Crippen LogP contribution in [0.5, 0.6) is 0 Å². The molecule has 2 aliphatic carbocycles. The van der Waals surface area contributed by atoms with Gasteiger partial charge in [0, 0.05) is 31.3 Å². The zero-order valence-electron chi connectivity index (χ0n) is 14.1. The molecule has 0 saturated heterocycles. The number of ketones is 3. The van der Waals surface area contributed by atoms with Crippen LogP contribution in [-0.4, -0.2) is 48.6 Å². The highest BCUT2D eigenvalue weighted by Gasteiger charge is 2.41. The highest BCUT2D eigenvalue weighted by atomic mass is 16.5. The zero-order valence-corrected chi connectivity index (χ0v) is 14.1. The SMILES string of the molecule is COC(=O)C1CC(=O)C(CC2=C(O)C[C@@H](C(=O)OC)CC2=O)C(=O)C1. The Bertz CT molecular complexity index is 642. The first-order chi connectivity index (χ1) is 11.8. The lowest BCUT2D eigenvalue weighted by Crippen LogP contribution is -2.38. The van der Waals surface area contributed by atoms with Crippen LogP contribution < -0.4 is 0 Å². The normalized spacial score (nSPS) is 27.3. The maximum Gasteiger partial charge on any atom is 0.309 e. The Hall–Kier alpha value is -2.51. The van der Waals surface area contributed by atoms with Gasteiger partial charge in [-0.2, -0.15) is 0 Å². The second kappa shape index (κ2) is 7.58. The van der Waals surface area contributed by atoms with E-state index >= 15 is 0 Å². The van der Waals surface area contributed by atoms with Crippen molar-refractivity contribution in [3.8, 4) is 0 Å². The maximum absolute atomic E-state index is 12.2. The minimum absolute atomic E-state index is 0.00312. The van der Waals surface area contributed by atoms with E-state index in [1.807, 2.05) is 0 Å². The van der Waals surface area contributed by atoms with Gasteiger partial charge in [-0.05, 0) is 6.42 Å². The van der Waals surface area contributed by atoms with Crippen molar-refractivity contribution in [2.24, 2.45) is 17.8 Å². The molecular formula is C17H20O8. The third-order valence-corrected chi connectivity index (χ3v) is 4.71. The molecule has 25 heavy (non-hydrogen) atoms. The van der Waals surface area contributed by atoms with Crippen LogP contribution in [0.4, 0.5) is 0 Å². The van der Waals surface area contributed by atoms with Crippen molar-refractivity contribution >= 4 is 29.3 Å². The molecule has 0 aromatic heterocycles. The van der Waals surface area contributed by atoms with Gasteiger partial charge in [-0.3, -0.25) is 24.0 Å². The van der Waals surface area contributed by atoms with Gasteiger partial charge < -0.3 is 14.6 Å². The fourth-order valence-corrected chi connectivity index (χ4v) is 3.29. The molecule has 8 nitrogen and oxygen atoms in total. The number of ether oxygens (including phenoxy) is 2. The van der Waals surface area contributed by atoms with Gasteiger partial charge in [-0.15, -0.1) is 0 Å². The number of methoxy groups -OCH3 is 2. The smallest absolute Gasteiger partial charge is 0.309 e. The van der Waals surface area contributed by atoms with Crippen LogP contribution >= 0.6 is 0 Å². The second-order valence-electron chi connectivity index (χ2n) is 6.29. The standard InChI is InChI=1S/C17H20O8/c1-24-16(22)8-3-12(18)10(13(19)4-8)7-11-14(20)5-9(6-15(11)21)17(23)25-2/h8-10,20H,3-7H2,1-2H3/t8?,9-,10?/m1/s1. The number of hydrogen-bond acceptors (Lipinski definition) is 8. The van der Waals surface area contributed by atoms with Crippen molar-refractivity contribution in [2.45, 2.75) is 32.1 Å². The highest BCUT2D eigenvalue weighted by Crippen LogP contribution is 2.34. The molecule has 0 unspecified atom stereocenters. The number of rotatable bonds is 4. The lowest BCUT2D eigenvalue weighted by molar-refractivity contribution is -0.153. The quantitative estimate of drug-likeness (QED) is 0.578. The lowest BCUT2D eigenvalue weighted by atomic mass is 9.75. The summed E-state index contributed by atoms with van der Waals surface area (Å²) in [7, 11) is 2.38. The van der Waals surface area contributed by atoms with E-state index in [0.29, 0.717) is 0 Å². The average molecular weight is 352 g/mol. The molecular weight excluding hydrogens is 332 g/mol. The maximum atomic E-state index is 12.2. The van der Waals surface area contributed by atoms with Crippen molar-refractivity contribution in [1.82, 2.24) is 0 Å². The molecule has 0 aliphatic heterocycles. The summed E-state index contributed by atoms with van der Waals surface area (Å²) in [6.45, 7) is 0.